The minimum Gasteiger partial charge on any atom is -0.493 e. The van der Waals surface area contributed by atoms with Crippen LogP contribution in [0.3, 0.4) is 0 Å². The third-order valence-electron chi connectivity index (χ3n) is 5.58. The molecule has 7 nitrogen and oxygen atoms in total. The van der Waals surface area contributed by atoms with Crippen LogP contribution in [0.15, 0.2) is 24.4 Å². The number of pyridine rings is 1. The van der Waals surface area contributed by atoms with Crippen molar-refractivity contribution < 1.29 is 17.9 Å². The number of sulfonamides is 1. The fourth-order valence-corrected chi connectivity index (χ4v) is 4.46. The summed E-state index contributed by atoms with van der Waals surface area (Å²) < 4.78 is 36.2. The summed E-state index contributed by atoms with van der Waals surface area (Å²) in [4.78, 5) is 6.86. The van der Waals surface area contributed by atoms with Crippen LogP contribution in [0.1, 0.15) is 19.8 Å². The fraction of sp³-hybridized carbons (Fsp3) is 0.550. The Morgan fingerprint density at radius 3 is 2.46 bits per heavy atom. The van der Waals surface area contributed by atoms with Gasteiger partial charge in [0, 0.05) is 43.0 Å². The van der Waals surface area contributed by atoms with E-state index in [4.69, 9.17) is 9.47 Å². The van der Waals surface area contributed by atoms with Crippen molar-refractivity contribution in [1.29, 1.82) is 0 Å². The van der Waals surface area contributed by atoms with Crippen LogP contribution in [-0.4, -0.2) is 53.5 Å². The van der Waals surface area contributed by atoms with Crippen molar-refractivity contribution >= 4 is 26.6 Å². The number of benzene rings is 1. The Bertz CT molecular complexity index is 924. The maximum absolute atomic E-state index is 11.3. The highest BCUT2D eigenvalue weighted by molar-refractivity contribution is 7.88. The van der Waals surface area contributed by atoms with Gasteiger partial charge in [0.05, 0.1) is 26.0 Å². The van der Waals surface area contributed by atoms with Gasteiger partial charge in [0.25, 0.3) is 0 Å². The SMILES string of the molecule is COc1cc2nccc(N3CCC(C(C)CNS(C)(=O)=O)CC3)c2cc1OC. The molecule has 1 atom stereocenters. The van der Waals surface area contributed by atoms with Crippen LogP contribution in [0, 0.1) is 11.8 Å². The number of anilines is 1. The number of fused-ring (bicyclic) bond motifs is 1. The molecule has 0 saturated carbocycles. The Balaban J connectivity index is 1.74. The molecule has 1 aliphatic heterocycles. The normalized spacial score (nSPS) is 16.9. The van der Waals surface area contributed by atoms with Crippen LogP contribution in [0.4, 0.5) is 5.69 Å². The lowest BCUT2D eigenvalue weighted by Gasteiger charge is -2.36. The molecule has 1 aromatic carbocycles. The Labute approximate surface area is 167 Å². The van der Waals surface area contributed by atoms with Gasteiger partial charge in [0.15, 0.2) is 11.5 Å². The average molecular weight is 408 g/mol. The van der Waals surface area contributed by atoms with E-state index in [1.807, 2.05) is 24.4 Å². The van der Waals surface area contributed by atoms with Gasteiger partial charge in [-0.25, -0.2) is 13.1 Å². The summed E-state index contributed by atoms with van der Waals surface area (Å²) in [6, 6.07) is 5.94. The van der Waals surface area contributed by atoms with E-state index in [1.165, 1.54) is 6.26 Å². The molecule has 2 aromatic rings. The van der Waals surface area contributed by atoms with Crippen molar-refractivity contribution in [1.82, 2.24) is 9.71 Å². The smallest absolute Gasteiger partial charge is 0.208 e. The zero-order chi connectivity index (χ0) is 20.3. The molecule has 1 aromatic heterocycles. The number of methoxy groups -OCH3 is 2. The zero-order valence-corrected chi connectivity index (χ0v) is 17.8. The first-order chi connectivity index (χ1) is 13.3. The number of nitrogens with one attached hydrogen (secondary N) is 1. The minimum atomic E-state index is -3.14. The third kappa shape index (κ3) is 4.67. The molecule has 3 rings (SSSR count). The van der Waals surface area contributed by atoms with Gasteiger partial charge in [0.2, 0.25) is 10.0 Å². The van der Waals surface area contributed by atoms with Crippen molar-refractivity contribution in [3.63, 3.8) is 0 Å². The molecule has 1 fully saturated rings. The van der Waals surface area contributed by atoms with E-state index < -0.39 is 10.0 Å². The van der Waals surface area contributed by atoms with Crippen molar-refractivity contribution in [3.05, 3.63) is 24.4 Å². The first-order valence-corrected chi connectivity index (χ1v) is 11.4. The van der Waals surface area contributed by atoms with Crippen LogP contribution in [0.25, 0.3) is 10.9 Å². The topological polar surface area (TPSA) is 80.8 Å². The molecule has 0 spiro atoms. The number of nitrogens with zero attached hydrogens (tertiary/aromatic N) is 2. The Hall–Kier alpha value is -2.06. The lowest BCUT2D eigenvalue weighted by atomic mass is 9.85. The van der Waals surface area contributed by atoms with Crippen LogP contribution in [0.2, 0.25) is 0 Å². The predicted octanol–water partition coefficient (Wildman–Crippen LogP) is 2.65. The maximum atomic E-state index is 11.3. The second kappa shape index (κ2) is 8.53. The van der Waals surface area contributed by atoms with Crippen molar-refractivity contribution in [3.8, 4) is 11.5 Å². The van der Waals surface area contributed by atoms with E-state index in [0.29, 0.717) is 29.9 Å². The van der Waals surface area contributed by atoms with Gasteiger partial charge in [-0.3, -0.25) is 4.98 Å². The van der Waals surface area contributed by atoms with E-state index in [-0.39, 0.29) is 0 Å². The van der Waals surface area contributed by atoms with Gasteiger partial charge in [0.1, 0.15) is 0 Å². The molecule has 2 heterocycles. The molecule has 0 bridgehead atoms. The van der Waals surface area contributed by atoms with E-state index in [2.05, 4.69) is 21.5 Å². The number of rotatable bonds is 7. The quantitative estimate of drug-likeness (QED) is 0.760. The van der Waals surface area contributed by atoms with E-state index in [1.54, 1.807) is 14.2 Å². The highest BCUT2D eigenvalue weighted by Gasteiger charge is 2.25. The summed E-state index contributed by atoms with van der Waals surface area (Å²) in [5.41, 5.74) is 2.02. The molecule has 1 saturated heterocycles. The number of piperidine rings is 1. The fourth-order valence-electron chi connectivity index (χ4n) is 3.89. The summed E-state index contributed by atoms with van der Waals surface area (Å²) in [6.07, 6.45) is 5.10. The Morgan fingerprint density at radius 1 is 1.21 bits per heavy atom. The molecule has 8 heteroatoms. The molecule has 1 unspecified atom stereocenters. The van der Waals surface area contributed by atoms with Gasteiger partial charge < -0.3 is 14.4 Å². The highest BCUT2D eigenvalue weighted by atomic mass is 32.2. The van der Waals surface area contributed by atoms with E-state index in [0.717, 1.165) is 42.5 Å². The summed E-state index contributed by atoms with van der Waals surface area (Å²) in [6.45, 7) is 4.48. The lowest BCUT2D eigenvalue weighted by molar-refractivity contribution is 0.293. The third-order valence-corrected chi connectivity index (χ3v) is 6.27. The molecule has 1 aliphatic rings. The molecule has 28 heavy (non-hydrogen) atoms. The van der Waals surface area contributed by atoms with Crippen LogP contribution >= 0.6 is 0 Å². The first kappa shape index (κ1) is 20.7. The van der Waals surface area contributed by atoms with Gasteiger partial charge in [-0.15, -0.1) is 0 Å². The largest absolute Gasteiger partial charge is 0.493 e. The minimum absolute atomic E-state index is 0.315. The lowest BCUT2D eigenvalue weighted by Crippen LogP contribution is -2.38. The predicted molar refractivity (Wildman–Crippen MR) is 112 cm³/mol. The van der Waals surface area contributed by atoms with Crippen molar-refractivity contribution in [2.45, 2.75) is 19.8 Å². The molecule has 0 amide bonds. The second-order valence-electron chi connectivity index (χ2n) is 7.48. The summed E-state index contributed by atoms with van der Waals surface area (Å²) >= 11 is 0. The summed E-state index contributed by atoms with van der Waals surface area (Å²) in [7, 11) is 0.121. The maximum Gasteiger partial charge on any atom is 0.208 e. The number of aromatic nitrogens is 1. The van der Waals surface area contributed by atoms with Gasteiger partial charge >= 0.3 is 0 Å². The van der Waals surface area contributed by atoms with Gasteiger partial charge in [-0.2, -0.15) is 0 Å². The van der Waals surface area contributed by atoms with Crippen molar-refractivity contribution in [2.75, 3.05) is 45.0 Å². The molecule has 1 N–H and O–H groups in total. The molecular formula is C20H29N3O4S. The van der Waals surface area contributed by atoms with Crippen molar-refractivity contribution in [2.24, 2.45) is 11.8 Å². The average Bonchev–Trinajstić information content (AvgIpc) is 2.70. The molecular weight excluding hydrogens is 378 g/mol. The van der Waals surface area contributed by atoms with E-state index >= 15 is 0 Å². The van der Waals surface area contributed by atoms with Crippen LogP contribution in [0.5, 0.6) is 11.5 Å². The van der Waals surface area contributed by atoms with Crippen LogP contribution in [-0.2, 0) is 10.0 Å². The number of ether oxygens (including phenoxy) is 2. The standard InChI is InChI=1S/C20H29N3O4S/c1-14(13-22-28(4,24)25)15-6-9-23(10-7-15)18-5-8-21-17-12-20(27-3)19(26-2)11-16(17)18/h5,8,11-12,14-15,22H,6-7,9-10,13H2,1-4H3. The Kier molecular flexibility index (Phi) is 6.30. The van der Waals surface area contributed by atoms with Gasteiger partial charge in [-0.05, 0) is 36.8 Å². The second-order valence-corrected chi connectivity index (χ2v) is 9.31. The molecule has 154 valence electrons. The molecule has 0 aliphatic carbocycles. The summed E-state index contributed by atoms with van der Waals surface area (Å²) in [5.74, 6) is 2.19. The zero-order valence-electron chi connectivity index (χ0n) is 16.9. The van der Waals surface area contributed by atoms with Gasteiger partial charge in [-0.1, -0.05) is 6.92 Å². The van der Waals surface area contributed by atoms with Crippen LogP contribution < -0.4 is 19.1 Å². The monoisotopic (exact) mass is 407 g/mol. The Morgan fingerprint density at radius 2 is 1.86 bits per heavy atom. The number of hydrogen-bond donors (Lipinski definition) is 1. The molecule has 0 radical (unpaired) electrons. The highest BCUT2D eigenvalue weighted by Crippen LogP contribution is 2.37. The van der Waals surface area contributed by atoms with E-state index in [9.17, 15) is 8.42 Å². The number of hydrogen-bond acceptors (Lipinski definition) is 6. The first-order valence-electron chi connectivity index (χ1n) is 9.52. The summed E-state index contributed by atoms with van der Waals surface area (Å²) in [5, 5.41) is 1.05.